The van der Waals surface area contributed by atoms with Gasteiger partial charge in [-0.2, -0.15) is 0 Å². The van der Waals surface area contributed by atoms with Gasteiger partial charge in [-0.1, -0.05) is 46.3 Å². The van der Waals surface area contributed by atoms with Crippen molar-refractivity contribution in [3.63, 3.8) is 0 Å². The Labute approximate surface area is 181 Å². The molecule has 0 saturated heterocycles. The van der Waals surface area contributed by atoms with Gasteiger partial charge in [-0.3, -0.25) is 14.2 Å². The van der Waals surface area contributed by atoms with Crippen LogP contribution in [0.25, 0.3) is 16.6 Å². The number of hydrogen-bond donors (Lipinski definition) is 0. The molecule has 1 aromatic heterocycles. The Bertz CT molecular complexity index is 1350. The molecule has 0 spiro atoms. The number of carbonyl (C=O) groups excluding carboxylic acids is 1. The molecule has 5 rings (SSSR count). The van der Waals surface area contributed by atoms with E-state index in [1.54, 1.807) is 22.6 Å². The first-order chi connectivity index (χ1) is 14.5. The number of rotatable bonds is 3. The number of carbonyl (C=O) groups is 1. The average molecular weight is 460 g/mol. The fraction of sp³-hybridized carbons (Fsp3) is 0.125. The third-order valence-electron chi connectivity index (χ3n) is 5.60. The number of hydrogen-bond acceptors (Lipinski definition) is 3. The lowest BCUT2D eigenvalue weighted by molar-refractivity contribution is -0.119. The number of para-hydroxylation sites is 2. The summed E-state index contributed by atoms with van der Waals surface area (Å²) in [6.07, 6.45) is 0.335. The monoisotopic (exact) mass is 459 g/mol. The molecule has 30 heavy (non-hydrogen) atoms. The van der Waals surface area contributed by atoms with E-state index in [4.69, 9.17) is 4.98 Å². The summed E-state index contributed by atoms with van der Waals surface area (Å²) in [5.41, 5.74) is 3.08. The van der Waals surface area contributed by atoms with E-state index in [0.717, 1.165) is 21.4 Å². The molecule has 1 atom stereocenters. The second kappa shape index (κ2) is 7.22. The lowest BCUT2D eigenvalue weighted by atomic mass is 9.96. The fourth-order valence-electron chi connectivity index (χ4n) is 4.13. The predicted octanol–water partition coefficient (Wildman–Crippen LogP) is 4.45. The molecule has 1 aliphatic heterocycles. The van der Waals surface area contributed by atoms with Crippen molar-refractivity contribution in [1.82, 2.24) is 9.55 Å². The number of likely N-dealkylation sites (N-methyl/N-ethyl adjacent to an activating group) is 1. The normalized spacial score (nSPS) is 15.6. The summed E-state index contributed by atoms with van der Waals surface area (Å²) >= 11 is 3.51. The smallest absolute Gasteiger partial charge is 0.265 e. The highest BCUT2D eigenvalue weighted by Crippen LogP contribution is 2.39. The molecule has 2 heterocycles. The van der Waals surface area contributed by atoms with E-state index < -0.39 is 5.92 Å². The summed E-state index contributed by atoms with van der Waals surface area (Å²) in [5, 5.41) is 0.558. The van der Waals surface area contributed by atoms with Crippen molar-refractivity contribution < 1.29 is 4.79 Å². The van der Waals surface area contributed by atoms with Crippen LogP contribution in [0, 0.1) is 0 Å². The Balaban J connectivity index is 1.71. The van der Waals surface area contributed by atoms with E-state index in [9.17, 15) is 9.59 Å². The minimum atomic E-state index is -0.398. The zero-order chi connectivity index (χ0) is 20.8. The van der Waals surface area contributed by atoms with Crippen LogP contribution in [0.15, 0.2) is 82.1 Å². The van der Waals surface area contributed by atoms with Crippen LogP contribution in [0.2, 0.25) is 0 Å². The van der Waals surface area contributed by atoms with Crippen LogP contribution in [0.1, 0.15) is 17.3 Å². The van der Waals surface area contributed by atoms with Gasteiger partial charge < -0.3 is 4.90 Å². The Kier molecular flexibility index (Phi) is 4.51. The Hall–Kier alpha value is -3.25. The maximum atomic E-state index is 13.4. The number of benzene rings is 3. The van der Waals surface area contributed by atoms with Crippen LogP contribution < -0.4 is 10.5 Å². The highest BCUT2D eigenvalue weighted by molar-refractivity contribution is 9.10. The molecule has 0 N–H and O–H groups in total. The summed E-state index contributed by atoms with van der Waals surface area (Å²) in [6, 6.07) is 22.6. The van der Waals surface area contributed by atoms with Gasteiger partial charge in [0.15, 0.2) is 0 Å². The summed E-state index contributed by atoms with van der Waals surface area (Å²) in [5.74, 6) is 0.181. The summed E-state index contributed by atoms with van der Waals surface area (Å²) in [4.78, 5) is 32.9. The van der Waals surface area contributed by atoms with E-state index >= 15 is 0 Å². The molecule has 3 aromatic carbocycles. The zero-order valence-electron chi connectivity index (χ0n) is 16.2. The van der Waals surface area contributed by atoms with Gasteiger partial charge in [0.1, 0.15) is 5.82 Å². The van der Waals surface area contributed by atoms with Crippen molar-refractivity contribution in [2.24, 2.45) is 0 Å². The molecule has 0 radical (unpaired) electrons. The number of aromatic nitrogens is 2. The second-order valence-corrected chi connectivity index (χ2v) is 8.29. The highest BCUT2D eigenvalue weighted by Gasteiger charge is 2.36. The van der Waals surface area contributed by atoms with Gasteiger partial charge in [0.2, 0.25) is 5.91 Å². The van der Waals surface area contributed by atoms with Crippen molar-refractivity contribution in [3.05, 3.63) is 99.0 Å². The quantitative estimate of drug-likeness (QED) is 0.454. The average Bonchev–Trinajstić information content (AvgIpc) is 2.99. The minimum Gasteiger partial charge on any atom is -0.315 e. The Morgan fingerprint density at radius 2 is 1.70 bits per heavy atom. The van der Waals surface area contributed by atoms with Gasteiger partial charge in [0.25, 0.3) is 5.56 Å². The van der Waals surface area contributed by atoms with Crippen molar-refractivity contribution >= 4 is 38.4 Å². The van der Waals surface area contributed by atoms with E-state index in [1.165, 1.54) is 0 Å². The number of fused-ring (bicyclic) bond motifs is 2. The molecule has 1 aliphatic rings. The second-order valence-electron chi connectivity index (χ2n) is 7.38. The standard InChI is InChI=1S/C24H18BrN3O2/c1-27-21-12-11-15(25)13-18(21)19(23(27)29)14-22-26-20-10-6-5-9-17(20)24(30)28(22)16-7-3-2-4-8-16/h2-13,19H,14H2,1H3. The van der Waals surface area contributed by atoms with E-state index in [2.05, 4.69) is 15.9 Å². The molecule has 0 fully saturated rings. The molecule has 1 amide bonds. The van der Waals surface area contributed by atoms with Crippen LogP contribution in [-0.4, -0.2) is 22.5 Å². The van der Waals surface area contributed by atoms with Gasteiger partial charge in [-0.15, -0.1) is 0 Å². The molecule has 0 aliphatic carbocycles. The number of amides is 1. The number of halogens is 1. The molecule has 0 saturated carbocycles. The molecular weight excluding hydrogens is 442 g/mol. The SMILES string of the molecule is CN1C(=O)C(Cc2nc3ccccc3c(=O)n2-c2ccccc2)c2cc(Br)ccc21. The fourth-order valence-corrected chi connectivity index (χ4v) is 4.51. The van der Waals surface area contributed by atoms with Crippen molar-refractivity contribution in [2.45, 2.75) is 12.3 Å². The molecule has 4 aromatic rings. The molecule has 1 unspecified atom stereocenters. The van der Waals surface area contributed by atoms with Crippen molar-refractivity contribution in [2.75, 3.05) is 11.9 Å². The van der Waals surface area contributed by atoms with Crippen LogP contribution in [0.3, 0.4) is 0 Å². The molecular formula is C24H18BrN3O2. The summed E-state index contributed by atoms with van der Waals surface area (Å²) in [6.45, 7) is 0. The Morgan fingerprint density at radius 3 is 2.50 bits per heavy atom. The van der Waals surface area contributed by atoms with Gasteiger partial charge in [-0.25, -0.2) is 4.98 Å². The van der Waals surface area contributed by atoms with Crippen molar-refractivity contribution in [1.29, 1.82) is 0 Å². The first-order valence-electron chi connectivity index (χ1n) is 9.67. The summed E-state index contributed by atoms with van der Waals surface area (Å²) in [7, 11) is 1.78. The lowest BCUT2D eigenvalue weighted by Crippen LogP contribution is -2.28. The van der Waals surface area contributed by atoms with E-state index in [0.29, 0.717) is 23.1 Å². The zero-order valence-corrected chi connectivity index (χ0v) is 17.8. The highest BCUT2D eigenvalue weighted by atomic mass is 79.9. The van der Waals surface area contributed by atoms with Crippen molar-refractivity contribution in [3.8, 4) is 5.69 Å². The Morgan fingerprint density at radius 1 is 0.967 bits per heavy atom. The van der Waals surface area contributed by atoms with Crippen LogP contribution in [-0.2, 0) is 11.2 Å². The maximum absolute atomic E-state index is 13.4. The minimum absolute atomic E-state index is 0.00474. The van der Waals surface area contributed by atoms with E-state index in [-0.39, 0.29) is 11.5 Å². The third kappa shape index (κ3) is 2.95. The number of nitrogens with zero attached hydrogens (tertiary/aromatic N) is 3. The van der Waals surface area contributed by atoms with E-state index in [1.807, 2.05) is 66.7 Å². The summed E-state index contributed by atoms with van der Waals surface area (Å²) < 4.78 is 2.55. The first-order valence-corrected chi connectivity index (χ1v) is 10.5. The maximum Gasteiger partial charge on any atom is 0.265 e. The topological polar surface area (TPSA) is 55.2 Å². The van der Waals surface area contributed by atoms with Crippen LogP contribution in [0.5, 0.6) is 0 Å². The van der Waals surface area contributed by atoms with Gasteiger partial charge in [0, 0.05) is 23.6 Å². The van der Waals surface area contributed by atoms with Gasteiger partial charge in [0.05, 0.1) is 22.5 Å². The lowest BCUT2D eigenvalue weighted by Gasteiger charge is -2.16. The molecule has 6 heteroatoms. The first kappa shape index (κ1) is 18.8. The molecule has 0 bridgehead atoms. The molecule has 5 nitrogen and oxygen atoms in total. The number of anilines is 1. The van der Waals surface area contributed by atoms with Gasteiger partial charge in [-0.05, 0) is 48.0 Å². The van der Waals surface area contributed by atoms with Gasteiger partial charge >= 0.3 is 0 Å². The third-order valence-corrected chi connectivity index (χ3v) is 6.09. The van der Waals surface area contributed by atoms with Crippen LogP contribution in [0.4, 0.5) is 5.69 Å². The van der Waals surface area contributed by atoms with Crippen LogP contribution >= 0.6 is 15.9 Å². The molecule has 148 valence electrons. The largest absolute Gasteiger partial charge is 0.315 e. The predicted molar refractivity (Wildman–Crippen MR) is 121 cm³/mol.